The molecule has 2 aliphatic rings. The molecule has 6 nitrogen and oxygen atoms in total. The summed E-state index contributed by atoms with van der Waals surface area (Å²) in [7, 11) is 2.04. The molecule has 3 amide bonds. The second-order valence-electron chi connectivity index (χ2n) is 8.39. The molecule has 0 radical (unpaired) electrons. The van der Waals surface area contributed by atoms with Crippen molar-refractivity contribution in [2.24, 2.45) is 0 Å². The fourth-order valence-corrected chi connectivity index (χ4v) is 4.51. The predicted molar refractivity (Wildman–Crippen MR) is 120 cm³/mol. The number of amides is 3. The van der Waals surface area contributed by atoms with Gasteiger partial charge in [-0.2, -0.15) is 0 Å². The van der Waals surface area contributed by atoms with Crippen molar-refractivity contribution in [2.45, 2.75) is 38.6 Å². The van der Waals surface area contributed by atoms with Crippen molar-refractivity contribution in [1.29, 1.82) is 0 Å². The van der Waals surface area contributed by atoms with E-state index in [0.29, 0.717) is 29.8 Å². The van der Waals surface area contributed by atoms with Crippen LogP contribution in [0.1, 0.15) is 63.7 Å². The van der Waals surface area contributed by atoms with Crippen LogP contribution in [0.3, 0.4) is 0 Å². The number of unbranched alkanes of at least 4 members (excludes halogenated alkanes) is 1. The molecule has 31 heavy (non-hydrogen) atoms. The molecular weight excluding hydrogens is 390 g/mol. The highest BCUT2D eigenvalue weighted by molar-refractivity contribution is 6.22. The van der Waals surface area contributed by atoms with Crippen LogP contribution in [-0.2, 0) is 0 Å². The van der Waals surface area contributed by atoms with Crippen molar-refractivity contribution in [3.8, 4) is 0 Å². The summed E-state index contributed by atoms with van der Waals surface area (Å²) in [6, 6.07) is 15.2. The molecule has 1 atom stereocenters. The van der Waals surface area contributed by atoms with Crippen LogP contribution in [0.4, 0.5) is 5.69 Å². The van der Waals surface area contributed by atoms with E-state index in [1.165, 1.54) is 4.90 Å². The fourth-order valence-electron chi connectivity index (χ4n) is 4.51. The molecule has 6 heteroatoms. The number of hydrogen-bond donors (Lipinski definition) is 0. The molecule has 2 aromatic carbocycles. The molecule has 4 rings (SSSR count). The first-order valence-electron chi connectivity index (χ1n) is 11.1. The third kappa shape index (κ3) is 4.07. The SMILES string of the molecule is CCCCN1C(=O)c2ccc(C(=O)N3CCC[C@H]3CN(C)c3ccccc3)cc2C1=O. The second-order valence-corrected chi connectivity index (χ2v) is 8.39. The molecule has 0 unspecified atom stereocenters. The molecule has 162 valence electrons. The molecule has 0 spiro atoms. The molecule has 1 fully saturated rings. The van der Waals surface area contributed by atoms with Gasteiger partial charge in [0.2, 0.25) is 0 Å². The number of benzene rings is 2. The highest BCUT2D eigenvalue weighted by Crippen LogP contribution is 2.27. The van der Waals surface area contributed by atoms with E-state index in [1.807, 2.05) is 37.1 Å². The Morgan fingerprint density at radius 2 is 1.81 bits per heavy atom. The van der Waals surface area contributed by atoms with Gasteiger partial charge < -0.3 is 9.80 Å². The minimum Gasteiger partial charge on any atom is -0.373 e. The van der Waals surface area contributed by atoms with E-state index in [0.717, 1.165) is 37.9 Å². The second kappa shape index (κ2) is 8.92. The number of rotatable bonds is 7. The molecule has 0 bridgehead atoms. The lowest BCUT2D eigenvalue weighted by Gasteiger charge is -2.30. The number of carbonyl (C=O) groups is 3. The van der Waals surface area contributed by atoms with Gasteiger partial charge in [0.05, 0.1) is 11.1 Å². The van der Waals surface area contributed by atoms with Gasteiger partial charge >= 0.3 is 0 Å². The molecule has 0 saturated carbocycles. The van der Waals surface area contributed by atoms with Crippen LogP contribution >= 0.6 is 0 Å². The van der Waals surface area contributed by atoms with Crippen molar-refractivity contribution < 1.29 is 14.4 Å². The number of likely N-dealkylation sites (tertiary alicyclic amines) is 1. The van der Waals surface area contributed by atoms with E-state index >= 15 is 0 Å². The van der Waals surface area contributed by atoms with Gasteiger partial charge in [-0.3, -0.25) is 19.3 Å². The van der Waals surface area contributed by atoms with Crippen LogP contribution in [0.25, 0.3) is 0 Å². The zero-order valence-corrected chi connectivity index (χ0v) is 18.2. The van der Waals surface area contributed by atoms with Crippen molar-refractivity contribution in [3.63, 3.8) is 0 Å². The van der Waals surface area contributed by atoms with Crippen LogP contribution in [0, 0.1) is 0 Å². The van der Waals surface area contributed by atoms with E-state index < -0.39 is 0 Å². The van der Waals surface area contributed by atoms with Gasteiger partial charge in [0.25, 0.3) is 17.7 Å². The Balaban J connectivity index is 1.50. The van der Waals surface area contributed by atoms with Gasteiger partial charge in [-0.05, 0) is 49.6 Å². The van der Waals surface area contributed by atoms with Crippen molar-refractivity contribution in [1.82, 2.24) is 9.80 Å². The summed E-state index contributed by atoms with van der Waals surface area (Å²) >= 11 is 0. The lowest BCUT2D eigenvalue weighted by molar-refractivity contribution is 0.0651. The van der Waals surface area contributed by atoms with Gasteiger partial charge in [0.1, 0.15) is 0 Å². The van der Waals surface area contributed by atoms with Crippen LogP contribution in [0.15, 0.2) is 48.5 Å². The van der Waals surface area contributed by atoms with E-state index in [2.05, 4.69) is 17.0 Å². The maximum Gasteiger partial charge on any atom is 0.261 e. The summed E-state index contributed by atoms with van der Waals surface area (Å²) in [6.45, 7) is 3.91. The summed E-state index contributed by atoms with van der Waals surface area (Å²) in [5, 5.41) is 0. The Morgan fingerprint density at radius 1 is 1.06 bits per heavy atom. The minimum atomic E-state index is -0.287. The van der Waals surface area contributed by atoms with Crippen LogP contribution < -0.4 is 4.90 Å². The number of para-hydroxylation sites is 1. The van der Waals surface area contributed by atoms with Crippen LogP contribution in [0.2, 0.25) is 0 Å². The van der Waals surface area contributed by atoms with Crippen molar-refractivity contribution in [2.75, 3.05) is 31.6 Å². The predicted octanol–water partition coefficient (Wildman–Crippen LogP) is 3.82. The zero-order chi connectivity index (χ0) is 22.0. The molecular formula is C25H29N3O3. The first-order valence-corrected chi connectivity index (χ1v) is 11.1. The molecule has 2 heterocycles. The summed E-state index contributed by atoms with van der Waals surface area (Å²) in [6.07, 6.45) is 3.61. The maximum absolute atomic E-state index is 13.3. The lowest BCUT2D eigenvalue weighted by atomic mass is 10.0. The number of likely N-dealkylation sites (N-methyl/N-ethyl adjacent to an activating group) is 1. The zero-order valence-electron chi connectivity index (χ0n) is 18.2. The normalized spacial score (nSPS) is 17.9. The van der Waals surface area contributed by atoms with E-state index in [-0.39, 0.29) is 23.8 Å². The standard InChI is InChI=1S/C25H29N3O3/c1-3-4-14-28-24(30)21-13-12-18(16-22(21)25(28)31)23(29)27-15-8-11-20(27)17-26(2)19-9-6-5-7-10-19/h5-7,9-10,12-13,16,20H,3-4,8,11,14-15,17H2,1-2H3/t20-/m0/s1. The van der Waals surface area contributed by atoms with Gasteiger partial charge in [-0.25, -0.2) is 0 Å². The average molecular weight is 420 g/mol. The minimum absolute atomic E-state index is 0.0704. The maximum atomic E-state index is 13.3. The Morgan fingerprint density at radius 3 is 2.55 bits per heavy atom. The van der Waals surface area contributed by atoms with Crippen LogP contribution in [-0.4, -0.2) is 60.2 Å². The Hall–Kier alpha value is -3.15. The first kappa shape index (κ1) is 21.1. The number of fused-ring (bicyclic) bond motifs is 1. The number of anilines is 1. The van der Waals surface area contributed by atoms with Crippen LogP contribution in [0.5, 0.6) is 0 Å². The highest BCUT2D eigenvalue weighted by atomic mass is 16.2. The quantitative estimate of drug-likeness (QED) is 0.640. The highest BCUT2D eigenvalue weighted by Gasteiger charge is 2.37. The summed E-state index contributed by atoms with van der Waals surface area (Å²) in [5.74, 6) is -0.611. The van der Waals surface area contributed by atoms with Crippen molar-refractivity contribution >= 4 is 23.4 Å². The summed E-state index contributed by atoms with van der Waals surface area (Å²) < 4.78 is 0. The first-order chi connectivity index (χ1) is 15.0. The molecule has 2 aliphatic heterocycles. The molecule has 2 aromatic rings. The monoisotopic (exact) mass is 419 g/mol. The fraction of sp³-hybridized carbons (Fsp3) is 0.400. The molecule has 1 saturated heterocycles. The third-order valence-electron chi connectivity index (χ3n) is 6.27. The van der Waals surface area contributed by atoms with E-state index in [9.17, 15) is 14.4 Å². The molecule has 0 aromatic heterocycles. The Labute approximate surface area is 183 Å². The molecule has 0 aliphatic carbocycles. The average Bonchev–Trinajstić information content (AvgIpc) is 3.35. The van der Waals surface area contributed by atoms with Gasteiger partial charge in [0, 0.05) is 44.0 Å². The molecule has 0 N–H and O–H groups in total. The number of nitrogens with zero attached hydrogens (tertiary/aromatic N) is 3. The number of hydrogen-bond acceptors (Lipinski definition) is 4. The number of carbonyl (C=O) groups excluding carboxylic acids is 3. The van der Waals surface area contributed by atoms with E-state index in [4.69, 9.17) is 0 Å². The third-order valence-corrected chi connectivity index (χ3v) is 6.27. The lowest BCUT2D eigenvalue weighted by Crippen LogP contribution is -2.42. The van der Waals surface area contributed by atoms with Gasteiger partial charge in [0.15, 0.2) is 0 Å². The summed E-state index contributed by atoms with van der Waals surface area (Å²) in [4.78, 5) is 44.0. The largest absolute Gasteiger partial charge is 0.373 e. The topological polar surface area (TPSA) is 60.9 Å². The smallest absolute Gasteiger partial charge is 0.261 e. The van der Waals surface area contributed by atoms with Gasteiger partial charge in [-0.1, -0.05) is 31.5 Å². The van der Waals surface area contributed by atoms with Gasteiger partial charge in [-0.15, -0.1) is 0 Å². The Kier molecular flexibility index (Phi) is 6.07. The summed E-state index contributed by atoms with van der Waals surface area (Å²) in [5.41, 5.74) is 2.35. The number of imide groups is 1. The Bertz CT molecular complexity index is 989. The van der Waals surface area contributed by atoms with E-state index in [1.54, 1.807) is 18.2 Å². The van der Waals surface area contributed by atoms with Crippen molar-refractivity contribution in [3.05, 3.63) is 65.2 Å².